The Morgan fingerprint density at radius 1 is 1.26 bits per heavy atom. The van der Waals surface area contributed by atoms with Crippen LogP contribution in [-0.2, 0) is 0 Å². The standard InChI is InChI=1S/C13H9BrClFN2O/c14-8-3-7(4-10(16)5-8)13(19)18-12-2-1-9(15)6-11(12)17/h1-6H,17H2,(H,18,19). The maximum atomic E-state index is 13.2. The topological polar surface area (TPSA) is 55.1 Å². The van der Waals surface area contributed by atoms with Crippen molar-refractivity contribution in [2.24, 2.45) is 0 Å². The fourth-order valence-corrected chi connectivity index (χ4v) is 2.17. The van der Waals surface area contributed by atoms with Crippen LogP contribution in [0.5, 0.6) is 0 Å². The van der Waals surface area contributed by atoms with Gasteiger partial charge >= 0.3 is 0 Å². The lowest BCUT2D eigenvalue weighted by Gasteiger charge is -2.09. The van der Waals surface area contributed by atoms with Gasteiger partial charge in [-0.1, -0.05) is 27.5 Å². The number of nitrogen functional groups attached to an aromatic ring is 1. The molecule has 98 valence electrons. The quantitative estimate of drug-likeness (QED) is 0.807. The van der Waals surface area contributed by atoms with Gasteiger partial charge in [-0.25, -0.2) is 4.39 Å². The normalized spacial score (nSPS) is 10.3. The predicted octanol–water partition coefficient (Wildman–Crippen LogP) is 4.08. The van der Waals surface area contributed by atoms with E-state index in [-0.39, 0.29) is 5.56 Å². The summed E-state index contributed by atoms with van der Waals surface area (Å²) in [6.07, 6.45) is 0. The average molecular weight is 344 g/mol. The number of halogens is 3. The Hall–Kier alpha value is -1.59. The van der Waals surface area contributed by atoms with Crippen molar-refractivity contribution in [2.45, 2.75) is 0 Å². The Kier molecular flexibility index (Phi) is 4.07. The van der Waals surface area contributed by atoms with Gasteiger partial charge in [-0.2, -0.15) is 0 Å². The van der Waals surface area contributed by atoms with Crippen LogP contribution in [0.3, 0.4) is 0 Å². The van der Waals surface area contributed by atoms with Gasteiger partial charge in [0.2, 0.25) is 0 Å². The second kappa shape index (κ2) is 5.59. The third-order valence-corrected chi connectivity index (χ3v) is 3.08. The van der Waals surface area contributed by atoms with E-state index < -0.39 is 11.7 Å². The van der Waals surface area contributed by atoms with Crippen LogP contribution in [0.25, 0.3) is 0 Å². The molecule has 2 aromatic carbocycles. The lowest BCUT2D eigenvalue weighted by Crippen LogP contribution is -2.13. The molecule has 0 saturated heterocycles. The first-order valence-corrected chi connectivity index (χ1v) is 6.45. The zero-order valence-electron chi connectivity index (χ0n) is 9.58. The summed E-state index contributed by atoms with van der Waals surface area (Å²) in [6, 6.07) is 8.65. The summed E-state index contributed by atoms with van der Waals surface area (Å²) >= 11 is 8.89. The first-order valence-electron chi connectivity index (χ1n) is 5.28. The molecule has 0 heterocycles. The summed E-state index contributed by atoms with van der Waals surface area (Å²) in [5.74, 6) is -0.946. The van der Waals surface area contributed by atoms with Gasteiger partial charge in [0.25, 0.3) is 5.91 Å². The molecule has 2 aromatic rings. The number of amides is 1. The van der Waals surface area contributed by atoms with Crippen molar-refractivity contribution < 1.29 is 9.18 Å². The van der Waals surface area contributed by atoms with Gasteiger partial charge in [-0.15, -0.1) is 0 Å². The molecular weight excluding hydrogens is 335 g/mol. The van der Waals surface area contributed by atoms with Crippen molar-refractivity contribution in [3.63, 3.8) is 0 Å². The van der Waals surface area contributed by atoms with E-state index in [9.17, 15) is 9.18 Å². The third-order valence-electron chi connectivity index (χ3n) is 2.39. The summed E-state index contributed by atoms with van der Waals surface area (Å²) in [6.45, 7) is 0. The Morgan fingerprint density at radius 2 is 2.00 bits per heavy atom. The zero-order chi connectivity index (χ0) is 14.0. The second-order valence-electron chi connectivity index (χ2n) is 3.84. The van der Waals surface area contributed by atoms with E-state index in [1.54, 1.807) is 12.1 Å². The molecule has 0 unspecified atom stereocenters. The monoisotopic (exact) mass is 342 g/mol. The summed E-state index contributed by atoms with van der Waals surface area (Å²) in [5, 5.41) is 3.07. The van der Waals surface area contributed by atoms with Gasteiger partial charge in [0, 0.05) is 15.1 Å². The van der Waals surface area contributed by atoms with Crippen molar-refractivity contribution >= 4 is 44.8 Å². The van der Waals surface area contributed by atoms with Gasteiger partial charge in [0.15, 0.2) is 0 Å². The van der Waals surface area contributed by atoms with Gasteiger partial charge < -0.3 is 11.1 Å². The van der Waals surface area contributed by atoms with Crippen molar-refractivity contribution in [3.05, 3.63) is 57.3 Å². The van der Waals surface area contributed by atoms with Crippen molar-refractivity contribution in [2.75, 3.05) is 11.1 Å². The number of rotatable bonds is 2. The molecule has 3 N–H and O–H groups in total. The maximum Gasteiger partial charge on any atom is 0.255 e. The molecule has 0 bridgehead atoms. The highest BCUT2D eigenvalue weighted by atomic mass is 79.9. The molecule has 3 nitrogen and oxygen atoms in total. The van der Waals surface area contributed by atoms with Gasteiger partial charge in [-0.05, 0) is 36.4 Å². The highest BCUT2D eigenvalue weighted by molar-refractivity contribution is 9.10. The van der Waals surface area contributed by atoms with Crippen LogP contribution in [0, 0.1) is 5.82 Å². The number of carbonyl (C=O) groups excluding carboxylic acids is 1. The fourth-order valence-electron chi connectivity index (χ4n) is 1.53. The van der Waals surface area contributed by atoms with E-state index in [2.05, 4.69) is 21.2 Å². The second-order valence-corrected chi connectivity index (χ2v) is 5.20. The molecule has 0 spiro atoms. The molecule has 0 radical (unpaired) electrons. The Bertz CT molecular complexity index is 628. The molecular formula is C13H9BrClFN2O. The van der Waals surface area contributed by atoms with Crippen LogP contribution < -0.4 is 11.1 Å². The van der Waals surface area contributed by atoms with E-state index in [1.165, 1.54) is 18.2 Å². The predicted molar refractivity (Wildman–Crippen MR) is 77.9 cm³/mol. The summed E-state index contributed by atoms with van der Waals surface area (Å²) in [4.78, 5) is 12.0. The van der Waals surface area contributed by atoms with E-state index in [0.717, 1.165) is 6.07 Å². The minimum atomic E-state index is -0.497. The lowest BCUT2D eigenvalue weighted by atomic mass is 10.2. The van der Waals surface area contributed by atoms with E-state index in [0.29, 0.717) is 20.9 Å². The van der Waals surface area contributed by atoms with Crippen molar-refractivity contribution in [1.29, 1.82) is 0 Å². The van der Waals surface area contributed by atoms with Gasteiger partial charge in [-0.3, -0.25) is 4.79 Å². The molecule has 6 heteroatoms. The van der Waals surface area contributed by atoms with Crippen molar-refractivity contribution in [1.82, 2.24) is 0 Å². The summed E-state index contributed by atoms with van der Waals surface area (Å²) < 4.78 is 13.7. The number of nitrogens with two attached hydrogens (primary N) is 1. The smallest absolute Gasteiger partial charge is 0.255 e. The number of benzene rings is 2. The first kappa shape index (κ1) is 13.8. The first-order chi connectivity index (χ1) is 8.95. The summed E-state index contributed by atoms with van der Waals surface area (Å²) in [5.41, 5.74) is 6.69. The molecule has 0 aliphatic rings. The molecule has 1 amide bonds. The fraction of sp³-hybridized carbons (Fsp3) is 0. The lowest BCUT2D eigenvalue weighted by molar-refractivity contribution is 0.102. The molecule has 19 heavy (non-hydrogen) atoms. The van der Waals surface area contributed by atoms with E-state index in [1.807, 2.05) is 0 Å². The molecule has 0 aliphatic heterocycles. The zero-order valence-corrected chi connectivity index (χ0v) is 11.9. The number of hydrogen-bond donors (Lipinski definition) is 2. The average Bonchev–Trinajstić information content (AvgIpc) is 2.31. The van der Waals surface area contributed by atoms with Gasteiger partial charge in [0.1, 0.15) is 5.82 Å². The SMILES string of the molecule is Nc1cc(Cl)ccc1NC(=O)c1cc(F)cc(Br)c1. The minimum absolute atomic E-state index is 0.196. The molecule has 0 atom stereocenters. The van der Waals surface area contributed by atoms with Gasteiger partial charge in [0.05, 0.1) is 11.4 Å². The van der Waals surface area contributed by atoms with Crippen LogP contribution >= 0.6 is 27.5 Å². The highest BCUT2D eigenvalue weighted by Crippen LogP contribution is 2.23. The molecule has 0 fully saturated rings. The number of anilines is 2. The molecule has 0 saturated carbocycles. The Morgan fingerprint density at radius 3 is 2.63 bits per heavy atom. The number of carbonyl (C=O) groups is 1. The van der Waals surface area contributed by atoms with Crippen LogP contribution in [0.2, 0.25) is 5.02 Å². The number of nitrogens with one attached hydrogen (secondary N) is 1. The maximum absolute atomic E-state index is 13.2. The van der Waals surface area contributed by atoms with Crippen LogP contribution in [0.1, 0.15) is 10.4 Å². The van der Waals surface area contributed by atoms with Crippen LogP contribution in [0.15, 0.2) is 40.9 Å². The van der Waals surface area contributed by atoms with E-state index >= 15 is 0 Å². The Labute approximate surface area is 122 Å². The minimum Gasteiger partial charge on any atom is -0.397 e. The number of hydrogen-bond acceptors (Lipinski definition) is 2. The molecule has 0 aliphatic carbocycles. The Balaban J connectivity index is 2.25. The van der Waals surface area contributed by atoms with Crippen LogP contribution in [-0.4, -0.2) is 5.91 Å². The highest BCUT2D eigenvalue weighted by Gasteiger charge is 2.10. The third kappa shape index (κ3) is 3.45. The largest absolute Gasteiger partial charge is 0.397 e. The van der Waals surface area contributed by atoms with Crippen LogP contribution in [0.4, 0.5) is 15.8 Å². The molecule has 0 aromatic heterocycles. The van der Waals surface area contributed by atoms with E-state index in [4.69, 9.17) is 17.3 Å². The molecule has 2 rings (SSSR count). The van der Waals surface area contributed by atoms with Crippen molar-refractivity contribution in [3.8, 4) is 0 Å². The summed E-state index contributed by atoms with van der Waals surface area (Å²) in [7, 11) is 0.